The van der Waals surface area contributed by atoms with Crippen molar-refractivity contribution in [3.63, 3.8) is 0 Å². The molecule has 3 saturated heterocycles. The second-order valence-electron chi connectivity index (χ2n) is 10.1. The number of nitrogens with one attached hydrogen (secondary N) is 1. The first kappa shape index (κ1) is 23.6. The van der Waals surface area contributed by atoms with Crippen molar-refractivity contribution < 1.29 is 23.9 Å². The van der Waals surface area contributed by atoms with Gasteiger partial charge in [-0.25, -0.2) is 4.79 Å². The third-order valence-corrected chi connectivity index (χ3v) is 7.72. The molecule has 0 unspecified atom stereocenters. The molecule has 1 saturated carbocycles. The molecule has 35 heavy (non-hydrogen) atoms. The summed E-state index contributed by atoms with van der Waals surface area (Å²) in [6.07, 6.45) is 4.56. The fraction of sp³-hybridized carbons (Fsp3) is 0.615. The van der Waals surface area contributed by atoms with Crippen LogP contribution in [0, 0.1) is 11.8 Å². The van der Waals surface area contributed by atoms with E-state index in [1.807, 2.05) is 26.0 Å². The van der Waals surface area contributed by atoms with Gasteiger partial charge in [0.05, 0.1) is 24.6 Å². The molecular weight excluding hydrogens is 448 g/mol. The highest BCUT2D eigenvalue weighted by atomic mass is 16.5. The maximum absolute atomic E-state index is 13.7. The number of hydrogen-bond acceptors (Lipinski definition) is 5. The van der Waals surface area contributed by atoms with Crippen LogP contribution in [0.25, 0.3) is 0 Å². The predicted molar refractivity (Wildman–Crippen MR) is 129 cm³/mol. The minimum Gasteiger partial charge on any atom is -0.494 e. The molecule has 3 aliphatic heterocycles. The lowest BCUT2D eigenvalue weighted by Crippen LogP contribution is -2.52. The molecular formula is C26H34N4O5. The van der Waals surface area contributed by atoms with Crippen LogP contribution in [-0.4, -0.2) is 76.3 Å². The lowest BCUT2D eigenvalue weighted by atomic mass is 10.0. The van der Waals surface area contributed by atoms with E-state index >= 15 is 0 Å². The van der Waals surface area contributed by atoms with Gasteiger partial charge in [-0.05, 0) is 62.8 Å². The first-order valence-electron chi connectivity index (χ1n) is 12.9. The van der Waals surface area contributed by atoms with Crippen LogP contribution in [0.5, 0.6) is 5.75 Å². The highest BCUT2D eigenvalue weighted by molar-refractivity contribution is 6.01. The Kier molecular flexibility index (Phi) is 6.42. The van der Waals surface area contributed by atoms with Crippen LogP contribution < -0.4 is 10.1 Å². The smallest absolute Gasteiger partial charge is 0.322 e. The highest BCUT2D eigenvalue weighted by Crippen LogP contribution is 2.41. The summed E-state index contributed by atoms with van der Waals surface area (Å²) in [5.74, 6) is -0.0495. The average molecular weight is 483 g/mol. The van der Waals surface area contributed by atoms with Crippen molar-refractivity contribution in [3.05, 3.63) is 24.3 Å². The summed E-state index contributed by atoms with van der Waals surface area (Å²) in [4.78, 5) is 57.2. The number of hydrogen-bond donors (Lipinski definition) is 1. The van der Waals surface area contributed by atoms with Crippen molar-refractivity contribution in [3.8, 4) is 5.75 Å². The summed E-state index contributed by atoms with van der Waals surface area (Å²) in [5, 5.41) is 2.90. The Morgan fingerprint density at radius 3 is 2.43 bits per heavy atom. The average Bonchev–Trinajstić information content (AvgIpc) is 3.34. The Bertz CT molecular complexity index is 1010. The molecule has 5 amide bonds. The van der Waals surface area contributed by atoms with Gasteiger partial charge in [-0.1, -0.05) is 13.8 Å². The normalized spacial score (nSPS) is 27.8. The first-order chi connectivity index (χ1) is 16.9. The SMILES string of the molecule is CCCOc1ccc(NC(=O)N2CCC[C@H]2C(=O)N2CC[C@H]3[C@H]2[C@H](C)C(=O)N3C(=O)C2CC2)cc1. The van der Waals surface area contributed by atoms with Crippen molar-refractivity contribution >= 4 is 29.4 Å². The molecule has 1 N–H and O–H groups in total. The number of likely N-dealkylation sites (tertiary alicyclic amines) is 3. The minimum atomic E-state index is -0.559. The van der Waals surface area contributed by atoms with Gasteiger partial charge >= 0.3 is 6.03 Å². The van der Waals surface area contributed by atoms with E-state index in [-0.39, 0.29) is 41.8 Å². The molecule has 4 fully saturated rings. The number of carbonyl (C=O) groups excluding carboxylic acids is 4. The molecule has 9 heteroatoms. The fourth-order valence-electron chi connectivity index (χ4n) is 5.78. The van der Waals surface area contributed by atoms with Crippen molar-refractivity contribution in [2.45, 2.75) is 70.5 Å². The summed E-state index contributed by atoms with van der Waals surface area (Å²) < 4.78 is 5.59. The van der Waals surface area contributed by atoms with E-state index in [1.54, 1.807) is 21.9 Å². The molecule has 4 aliphatic rings. The minimum absolute atomic E-state index is 0.0315. The van der Waals surface area contributed by atoms with E-state index in [0.717, 1.165) is 31.4 Å². The van der Waals surface area contributed by atoms with Crippen molar-refractivity contribution in [2.75, 3.05) is 25.0 Å². The summed E-state index contributed by atoms with van der Waals surface area (Å²) in [7, 11) is 0. The van der Waals surface area contributed by atoms with E-state index in [9.17, 15) is 19.2 Å². The van der Waals surface area contributed by atoms with Crippen LogP contribution in [0.4, 0.5) is 10.5 Å². The fourth-order valence-corrected chi connectivity index (χ4v) is 5.78. The van der Waals surface area contributed by atoms with Crippen LogP contribution >= 0.6 is 0 Å². The lowest BCUT2D eigenvalue weighted by Gasteiger charge is -2.32. The molecule has 0 spiro atoms. The van der Waals surface area contributed by atoms with Gasteiger partial charge in [0.1, 0.15) is 11.8 Å². The summed E-state index contributed by atoms with van der Waals surface area (Å²) in [5.41, 5.74) is 0.641. The molecule has 1 aromatic rings. The monoisotopic (exact) mass is 482 g/mol. The quantitative estimate of drug-likeness (QED) is 0.629. The Labute approximate surface area is 205 Å². The van der Waals surface area contributed by atoms with Crippen molar-refractivity contribution in [1.29, 1.82) is 0 Å². The molecule has 9 nitrogen and oxygen atoms in total. The van der Waals surface area contributed by atoms with Gasteiger partial charge in [0.25, 0.3) is 0 Å². The highest BCUT2D eigenvalue weighted by Gasteiger charge is 2.57. The van der Waals surface area contributed by atoms with Gasteiger partial charge in [-0.15, -0.1) is 0 Å². The third kappa shape index (κ3) is 4.36. The first-order valence-corrected chi connectivity index (χ1v) is 12.9. The molecule has 188 valence electrons. The number of nitrogens with zero attached hydrogens (tertiary/aromatic N) is 3. The van der Waals surface area contributed by atoms with Crippen LogP contribution in [0.2, 0.25) is 0 Å². The Morgan fingerprint density at radius 2 is 1.74 bits per heavy atom. The molecule has 4 atom stereocenters. The largest absolute Gasteiger partial charge is 0.494 e. The summed E-state index contributed by atoms with van der Waals surface area (Å²) >= 11 is 0. The number of amides is 5. The molecule has 5 rings (SSSR count). The van der Waals surface area contributed by atoms with Crippen LogP contribution in [0.3, 0.4) is 0 Å². The van der Waals surface area contributed by atoms with Crippen LogP contribution in [0.15, 0.2) is 24.3 Å². The predicted octanol–water partition coefficient (Wildman–Crippen LogP) is 2.86. The number of fused-ring (bicyclic) bond motifs is 1. The Balaban J connectivity index is 1.25. The number of benzene rings is 1. The van der Waals surface area contributed by atoms with Gasteiger partial charge in [0, 0.05) is 24.7 Å². The zero-order valence-electron chi connectivity index (χ0n) is 20.4. The van der Waals surface area contributed by atoms with Gasteiger partial charge in [-0.2, -0.15) is 0 Å². The second kappa shape index (κ2) is 9.51. The molecule has 0 bridgehead atoms. The Hall–Kier alpha value is -3.10. The van der Waals surface area contributed by atoms with Crippen LogP contribution in [-0.2, 0) is 14.4 Å². The van der Waals surface area contributed by atoms with E-state index in [1.165, 1.54) is 4.90 Å². The topological polar surface area (TPSA) is 99.3 Å². The molecule has 0 radical (unpaired) electrons. The number of ether oxygens (including phenoxy) is 1. The van der Waals surface area contributed by atoms with Gasteiger partial charge < -0.3 is 19.9 Å². The van der Waals surface area contributed by atoms with E-state index in [2.05, 4.69) is 5.32 Å². The van der Waals surface area contributed by atoms with E-state index in [4.69, 9.17) is 4.74 Å². The molecule has 0 aromatic heterocycles. The molecule has 3 heterocycles. The van der Waals surface area contributed by atoms with E-state index < -0.39 is 12.0 Å². The zero-order chi connectivity index (χ0) is 24.7. The third-order valence-electron chi connectivity index (χ3n) is 7.72. The number of anilines is 1. The number of carbonyl (C=O) groups is 4. The summed E-state index contributed by atoms with van der Waals surface area (Å²) in [6.45, 7) is 5.50. The van der Waals surface area contributed by atoms with Gasteiger partial charge in [-0.3, -0.25) is 19.3 Å². The number of rotatable bonds is 6. The van der Waals surface area contributed by atoms with Crippen molar-refractivity contribution in [2.24, 2.45) is 11.8 Å². The number of imide groups is 1. The lowest BCUT2D eigenvalue weighted by molar-refractivity contribution is -0.146. The summed E-state index contributed by atoms with van der Waals surface area (Å²) in [6, 6.07) is 5.79. The number of urea groups is 1. The van der Waals surface area contributed by atoms with Gasteiger partial charge in [0.15, 0.2) is 0 Å². The van der Waals surface area contributed by atoms with E-state index in [0.29, 0.717) is 38.2 Å². The maximum Gasteiger partial charge on any atom is 0.322 e. The second-order valence-corrected chi connectivity index (χ2v) is 10.1. The Morgan fingerprint density at radius 1 is 1.00 bits per heavy atom. The standard InChI is InChI=1S/C26H34N4O5/c1-3-15-35-19-10-8-18(9-11-19)27-26(34)28-13-4-5-21(28)25(33)29-14-12-20-22(29)16(2)23(31)30(20)24(32)17-6-7-17/h8-11,16-17,20-22H,3-7,12-15H2,1-2H3,(H,27,34)/t16-,20-,21-,22+/m0/s1. The molecule has 1 aliphatic carbocycles. The molecule has 1 aromatic carbocycles. The van der Waals surface area contributed by atoms with Crippen molar-refractivity contribution in [1.82, 2.24) is 14.7 Å². The zero-order valence-corrected chi connectivity index (χ0v) is 20.4. The van der Waals surface area contributed by atoms with Gasteiger partial charge in [0.2, 0.25) is 17.7 Å². The maximum atomic E-state index is 13.7. The van der Waals surface area contributed by atoms with Crippen LogP contribution in [0.1, 0.15) is 52.4 Å².